The van der Waals surface area contributed by atoms with Crippen molar-refractivity contribution in [3.05, 3.63) is 29.3 Å². The molecule has 3 aliphatic rings. The average Bonchev–Trinajstić information content (AvgIpc) is 3.44. The number of nitrogens with zero attached hydrogens (tertiary/aromatic N) is 1. The Morgan fingerprint density at radius 1 is 1.17 bits per heavy atom. The van der Waals surface area contributed by atoms with Gasteiger partial charge in [-0.2, -0.15) is 0 Å². The molecule has 4 rings (SSSR count). The number of anilines is 1. The highest BCUT2D eigenvalue weighted by molar-refractivity contribution is 6.33. The van der Waals surface area contributed by atoms with Gasteiger partial charge in [0.2, 0.25) is 11.8 Å². The predicted molar refractivity (Wildman–Crippen MR) is 89.3 cm³/mol. The van der Waals surface area contributed by atoms with Crippen molar-refractivity contribution in [1.29, 1.82) is 0 Å². The first-order valence-electron chi connectivity index (χ1n) is 8.49. The van der Waals surface area contributed by atoms with Crippen LogP contribution in [-0.4, -0.2) is 24.4 Å². The van der Waals surface area contributed by atoms with Crippen molar-refractivity contribution < 1.29 is 9.59 Å². The molecule has 1 saturated heterocycles. The van der Waals surface area contributed by atoms with Crippen molar-refractivity contribution >= 4 is 29.1 Å². The normalized spacial score (nSPS) is 24.3. The van der Waals surface area contributed by atoms with Gasteiger partial charge in [0.05, 0.1) is 16.6 Å². The molecule has 0 radical (unpaired) electrons. The Morgan fingerprint density at radius 2 is 1.83 bits per heavy atom. The van der Waals surface area contributed by atoms with Crippen LogP contribution in [0.5, 0.6) is 0 Å². The molecule has 2 amide bonds. The van der Waals surface area contributed by atoms with Crippen LogP contribution >= 0.6 is 11.6 Å². The molecule has 5 heteroatoms. The summed E-state index contributed by atoms with van der Waals surface area (Å²) in [7, 11) is 0. The van der Waals surface area contributed by atoms with Gasteiger partial charge in [-0.3, -0.25) is 9.59 Å². The Kier molecular flexibility index (Phi) is 3.80. The van der Waals surface area contributed by atoms with E-state index in [9.17, 15) is 9.59 Å². The molecule has 0 aromatic heterocycles. The van der Waals surface area contributed by atoms with Crippen molar-refractivity contribution in [2.75, 3.05) is 11.4 Å². The van der Waals surface area contributed by atoms with Crippen LogP contribution in [0.25, 0.3) is 0 Å². The Labute approximate surface area is 141 Å². The minimum Gasteiger partial charge on any atom is -0.353 e. The summed E-state index contributed by atoms with van der Waals surface area (Å²) < 4.78 is 0. The zero-order valence-corrected chi connectivity index (χ0v) is 13.8. The summed E-state index contributed by atoms with van der Waals surface area (Å²) in [6.45, 7) is 0.427. The summed E-state index contributed by atoms with van der Waals surface area (Å²) in [5.74, 6) is 1.09. The number of benzene rings is 1. The Bertz CT molecular complexity index is 628. The molecule has 0 spiro atoms. The number of halogens is 1. The average molecular weight is 333 g/mol. The van der Waals surface area contributed by atoms with E-state index in [1.807, 2.05) is 18.2 Å². The number of hydrogen-bond acceptors (Lipinski definition) is 2. The zero-order valence-electron chi connectivity index (χ0n) is 13.0. The lowest BCUT2D eigenvalue weighted by atomic mass is 10.0. The second-order valence-corrected chi connectivity index (χ2v) is 7.47. The van der Waals surface area contributed by atoms with Gasteiger partial charge in [-0.1, -0.05) is 23.7 Å². The van der Waals surface area contributed by atoms with Gasteiger partial charge in [-0.25, -0.2) is 0 Å². The number of hydrogen-bond donors (Lipinski definition) is 1. The molecule has 4 nitrogen and oxygen atoms in total. The quantitative estimate of drug-likeness (QED) is 0.901. The molecular formula is C18H21ClN2O2. The van der Waals surface area contributed by atoms with Gasteiger partial charge < -0.3 is 10.2 Å². The van der Waals surface area contributed by atoms with Gasteiger partial charge in [0.25, 0.3) is 0 Å². The fourth-order valence-electron chi connectivity index (χ4n) is 3.60. The van der Waals surface area contributed by atoms with Gasteiger partial charge in [-0.15, -0.1) is 0 Å². The van der Waals surface area contributed by atoms with E-state index in [0.29, 0.717) is 35.1 Å². The maximum Gasteiger partial charge on any atom is 0.227 e. The summed E-state index contributed by atoms with van der Waals surface area (Å²) in [5, 5.41) is 3.79. The lowest BCUT2D eigenvalue weighted by molar-refractivity contribution is -0.127. The number of carbonyl (C=O) groups excluding carboxylic acids is 2. The molecule has 1 heterocycles. The SMILES string of the molecule is O=C(NC(C1CC1)C1CC1)[C@@H]1CC(=O)N(c2ccccc2Cl)C1. The minimum absolute atomic E-state index is 0.0207. The Hall–Kier alpha value is -1.55. The summed E-state index contributed by atoms with van der Waals surface area (Å²) in [6.07, 6.45) is 5.21. The summed E-state index contributed by atoms with van der Waals surface area (Å²) >= 11 is 6.19. The lowest BCUT2D eigenvalue weighted by Gasteiger charge is -2.21. The van der Waals surface area contributed by atoms with E-state index in [1.165, 1.54) is 25.7 Å². The molecule has 0 bridgehead atoms. The van der Waals surface area contributed by atoms with E-state index in [1.54, 1.807) is 11.0 Å². The fraction of sp³-hybridized carbons (Fsp3) is 0.556. The second-order valence-electron chi connectivity index (χ2n) is 7.07. The molecular weight excluding hydrogens is 312 g/mol. The van der Waals surface area contributed by atoms with E-state index in [-0.39, 0.29) is 24.2 Å². The summed E-state index contributed by atoms with van der Waals surface area (Å²) in [5.41, 5.74) is 0.704. The van der Waals surface area contributed by atoms with Gasteiger partial charge in [-0.05, 0) is 49.7 Å². The molecule has 1 aromatic rings. The zero-order chi connectivity index (χ0) is 16.0. The van der Waals surface area contributed by atoms with Crippen LogP contribution in [0.2, 0.25) is 5.02 Å². The smallest absolute Gasteiger partial charge is 0.227 e. The summed E-state index contributed by atoms with van der Waals surface area (Å²) in [6, 6.07) is 7.64. The first-order chi connectivity index (χ1) is 11.1. The molecule has 1 aromatic carbocycles. The summed E-state index contributed by atoms with van der Waals surface area (Å²) in [4.78, 5) is 26.6. The third kappa shape index (κ3) is 3.09. The largest absolute Gasteiger partial charge is 0.353 e. The van der Waals surface area contributed by atoms with E-state index < -0.39 is 0 Å². The molecule has 1 aliphatic heterocycles. The monoisotopic (exact) mass is 332 g/mol. The van der Waals surface area contributed by atoms with Gasteiger partial charge in [0.1, 0.15) is 0 Å². The van der Waals surface area contributed by atoms with E-state index in [4.69, 9.17) is 11.6 Å². The predicted octanol–water partition coefficient (Wildman–Crippen LogP) is 3.00. The molecule has 2 aliphatic carbocycles. The number of nitrogens with one attached hydrogen (secondary N) is 1. The molecule has 0 unspecified atom stereocenters. The number of rotatable bonds is 5. The number of carbonyl (C=O) groups is 2. The standard InChI is InChI=1S/C18H21ClN2O2/c19-14-3-1-2-4-15(14)21-10-13(9-16(21)22)18(23)20-17(11-5-6-11)12-7-8-12/h1-4,11-13,17H,5-10H2,(H,20,23)/t13-/m1/s1. The van der Waals surface area contributed by atoms with Crippen LogP contribution in [-0.2, 0) is 9.59 Å². The molecule has 23 heavy (non-hydrogen) atoms. The van der Waals surface area contributed by atoms with Crippen molar-refractivity contribution in [3.8, 4) is 0 Å². The molecule has 1 N–H and O–H groups in total. The van der Waals surface area contributed by atoms with Crippen molar-refractivity contribution in [1.82, 2.24) is 5.32 Å². The minimum atomic E-state index is -0.265. The fourth-order valence-corrected chi connectivity index (χ4v) is 3.84. The van der Waals surface area contributed by atoms with Crippen molar-refractivity contribution in [2.24, 2.45) is 17.8 Å². The highest BCUT2D eigenvalue weighted by Crippen LogP contribution is 2.44. The van der Waals surface area contributed by atoms with E-state index >= 15 is 0 Å². The number of para-hydroxylation sites is 1. The first kappa shape index (κ1) is 15.0. The Balaban J connectivity index is 1.43. The van der Waals surface area contributed by atoms with E-state index in [0.717, 1.165) is 0 Å². The maximum atomic E-state index is 12.6. The van der Waals surface area contributed by atoms with Crippen LogP contribution in [0, 0.1) is 17.8 Å². The molecule has 3 fully saturated rings. The van der Waals surface area contributed by atoms with Crippen LogP contribution in [0.3, 0.4) is 0 Å². The molecule has 122 valence electrons. The highest BCUT2D eigenvalue weighted by atomic mass is 35.5. The maximum absolute atomic E-state index is 12.6. The van der Waals surface area contributed by atoms with Crippen LogP contribution in [0.1, 0.15) is 32.1 Å². The third-order valence-corrected chi connectivity index (χ3v) is 5.53. The second kappa shape index (κ2) is 5.82. The van der Waals surface area contributed by atoms with E-state index in [2.05, 4.69) is 5.32 Å². The first-order valence-corrected chi connectivity index (χ1v) is 8.86. The van der Waals surface area contributed by atoms with Crippen LogP contribution in [0.15, 0.2) is 24.3 Å². The van der Waals surface area contributed by atoms with Gasteiger partial charge in [0.15, 0.2) is 0 Å². The van der Waals surface area contributed by atoms with Crippen molar-refractivity contribution in [3.63, 3.8) is 0 Å². The van der Waals surface area contributed by atoms with Crippen LogP contribution in [0.4, 0.5) is 5.69 Å². The van der Waals surface area contributed by atoms with Crippen LogP contribution < -0.4 is 10.2 Å². The van der Waals surface area contributed by atoms with Gasteiger partial charge in [0, 0.05) is 19.0 Å². The highest BCUT2D eigenvalue weighted by Gasteiger charge is 2.44. The number of amides is 2. The van der Waals surface area contributed by atoms with Crippen molar-refractivity contribution in [2.45, 2.75) is 38.1 Å². The third-order valence-electron chi connectivity index (χ3n) is 5.21. The molecule has 1 atom stereocenters. The topological polar surface area (TPSA) is 49.4 Å². The Morgan fingerprint density at radius 3 is 2.43 bits per heavy atom. The van der Waals surface area contributed by atoms with Gasteiger partial charge >= 0.3 is 0 Å². The lowest BCUT2D eigenvalue weighted by Crippen LogP contribution is -2.42. The molecule has 2 saturated carbocycles.